The molecule has 9 heteroatoms. The summed E-state index contributed by atoms with van der Waals surface area (Å²) in [7, 11) is 0. The molecule has 0 aromatic heterocycles. The van der Waals surface area contributed by atoms with Gasteiger partial charge in [-0.3, -0.25) is 4.90 Å². The average Bonchev–Trinajstić information content (AvgIpc) is 2.82. The molecule has 0 spiro atoms. The van der Waals surface area contributed by atoms with Crippen LogP contribution in [-0.2, 0) is 17.6 Å². The van der Waals surface area contributed by atoms with Gasteiger partial charge >= 0.3 is 12.2 Å². The van der Waals surface area contributed by atoms with Gasteiger partial charge in [0.1, 0.15) is 5.60 Å². The van der Waals surface area contributed by atoms with Gasteiger partial charge in [0.05, 0.1) is 24.3 Å². The fourth-order valence-corrected chi connectivity index (χ4v) is 4.45. The van der Waals surface area contributed by atoms with Gasteiger partial charge in [0.15, 0.2) is 0 Å². The molecule has 0 heterocycles. The molecule has 2 aromatic carbocycles. The molecule has 2 aromatic rings. The van der Waals surface area contributed by atoms with Gasteiger partial charge < -0.3 is 30.7 Å². The number of nitrogens with zero attached hydrogens (tertiary/aromatic N) is 1. The highest BCUT2D eigenvalue weighted by Gasteiger charge is 2.37. The fourth-order valence-electron chi connectivity index (χ4n) is 4.45. The molecule has 2 amide bonds. The highest BCUT2D eigenvalue weighted by molar-refractivity contribution is 5.68. The third-order valence-electron chi connectivity index (χ3n) is 6.16. The minimum atomic E-state index is -1.12. The van der Waals surface area contributed by atoms with Gasteiger partial charge in [-0.05, 0) is 65.5 Å². The van der Waals surface area contributed by atoms with Gasteiger partial charge in [-0.25, -0.2) is 9.59 Å². The van der Waals surface area contributed by atoms with Crippen molar-refractivity contribution in [1.82, 2.24) is 15.5 Å². The summed E-state index contributed by atoms with van der Waals surface area (Å²) in [5.74, 6) is 0. The van der Waals surface area contributed by atoms with Crippen LogP contribution in [0.5, 0.6) is 0 Å². The van der Waals surface area contributed by atoms with Gasteiger partial charge in [0.2, 0.25) is 0 Å². The van der Waals surface area contributed by atoms with Crippen LogP contribution < -0.4 is 10.6 Å². The number of hydrogen-bond acceptors (Lipinski definition) is 6. The van der Waals surface area contributed by atoms with Gasteiger partial charge in [-0.15, -0.1) is 0 Å². The Kier molecular flexibility index (Phi) is 11.8. The molecule has 216 valence electrons. The lowest BCUT2D eigenvalue weighted by molar-refractivity contribution is 0.00615. The van der Waals surface area contributed by atoms with E-state index in [9.17, 15) is 24.9 Å². The van der Waals surface area contributed by atoms with E-state index in [0.717, 1.165) is 11.1 Å². The largest absolute Gasteiger partial charge is 0.465 e. The van der Waals surface area contributed by atoms with E-state index in [1.165, 1.54) is 4.90 Å². The number of carbonyl (C=O) groups excluding carboxylic acids is 1. The smallest absolute Gasteiger partial charge is 0.408 e. The highest BCUT2D eigenvalue weighted by Crippen LogP contribution is 2.23. The number of carboxylic acid groups (broad SMARTS) is 1. The molecule has 0 fully saturated rings. The summed E-state index contributed by atoms with van der Waals surface area (Å²) in [5.41, 5.74) is 0.402. The van der Waals surface area contributed by atoms with Gasteiger partial charge in [0.25, 0.3) is 0 Å². The van der Waals surface area contributed by atoms with Crippen LogP contribution in [0.1, 0.15) is 52.7 Å². The van der Waals surface area contributed by atoms with Crippen molar-refractivity contribution in [3.05, 3.63) is 71.8 Å². The lowest BCUT2D eigenvalue weighted by Crippen LogP contribution is -2.58. The quantitative estimate of drug-likeness (QED) is 0.275. The van der Waals surface area contributed by atoms with Crippen LogP contribution in [-0.4, -0.2) is 80.9 Å². The molecule has 0 saturated heterocycles. The number of aliphatic hydroxyl groups is 2. The van der Waals surface area contributed by atoms with E-state index in [1.54, 1.807) is 41.5 Å². The monoisotopic (exact) mass is 543 g/mol. The summed E-state index contributed by atoms with van der Waals surface area (Å²) in [5, 5.41) is 38.0. The van der Waals surface area contributed by atoms with Gasteiger partial charge in [-0.2, -0.15) is 0 Å². The zero-order valence-corrected chi connectivity index (χ0v) is 23.9. The summed E-state index contributed by atoms with van der Waals surface area (Å²) in [4.78, 5) is 26.0. The minimum Gasteiger partial charge on any atom is -0.465 e. The molecule has 0 unspecified atom stereocenters. The molecule has 39 heavy (non-hydrogen) atoms. The lowest BCUT2D eigenvalue weighted by atomic mass is 9.94. The Morgan fingerprint density at radius 1 is 0.821 bits per heavy atom. The van der Waals surface area contributed by atoms with E-state index < -0.39 is 47.6 Å². The Bertz CT molecular complexity index is 1020. The molecule has 2 rings (SSSR count). The first kappa shape index (κ1) is 32.1. The van der Waals surface area contributed by atoms with Crippen molar-refractivity contribution in [1.29, 1.82) is 0 Å². The Morgan fingerprint density at radius 3 is 1.77 bits per heavy atom. The van der Waals surface area contributed by atoms with Crippen LogP contribution in [0.4, 0.5) is 9.59 Å². The van der Waals surface area contributed by atoms with Gasteiger partial charge in [0, 0.05) is 18.6 Å². The van der Waals surface area contributed by atoms with E-state index in [-0.39, 0.29) is 13.1 Å². The zero-order valence-electron chi connectivity index (χ0n) is 23.9. The Hall–Kier alpha value is -3.14. The highest BCUT2D eigenvalue weighted by atomic mass is 16.6. The topological polar surface area (TPSA) is 131 Å². The van der Waals surface area contributed by atoms with Crippen LogP contribution in [0, 0.1) is 0 Å². The predicted molar refractivity (Wildman–Crippen MR) is 152 cm³/mol. The summed E-state index contributed by atoms with van der Waals surface area (Å²) in [6.45, 7) is 10.8. The van der Waals surface area contributed by atoms with Crippen molar-refractivity contribution in [2.75, 3.05) is 13.1 Å². The number of ether oxygens (including phenoxy) is 1. The average molecular weight is 544 g/mol. The molecular formula is C30H45N3O6. The number of carbonyl (C=O) groups is 2. The van der Waals surface area contributed by atoms with Crippen molar-refractivity contribution in [3.63, 3.8) is 0 Å². The van der Waals surface area contributed by atoms with Crippen molar-refractivity contribution in [2.24, 2.45) is 0 Å². The standard InChI is InChI=1S/C30H45N3O6/c1-29(2,3)33(28(37)38)24(18-22-15-11-8-12-16-22)26(35)20-31-19-25(34)23(17-21-13-9-7-10-14-21)32-27(36)39-30(4,5)6/h7-16,23-26,31,34-35H,17-20H2,1-6H3,(H,32,36)(H,37,38)/t23-,24-,25-,26+/m0/s1. The summed E-state index contributed by atoms with van der Waals surface area (Å²) >= 11 is 0. The predicted octanol–water partition coefficient (Wildman–Crippen LogP) is 3.82. The number of rotatable bonds is 12. The van der Waals surface area contributed by atoms with Crippen molar-refractivity contribution >= 4 is 12.2 Å². The number of benzene rings is 2. The van der Waals surface area contributed by atoms with Crippen LogP contribution >= 0.6 is 0 Å². The van der Waals surface area contributed by atoms with Crippen molar-refractivity contribution < 1.29 is 29.6 Å². The van der Waals surface area contributed by atoms with Crippen LogP contribution in [0.25, 0.3) is 0 Å². The maximum Gasteiger partial charge on any atom is 0.408 e. The third kappa shape index (κ3) is 11.2. The second-order valence-corrected chi connectivity index (χ2v) is 11.8. The summed E-state index contributed by atoms with van der Waals surface area (Å²) in [6.07, 6.45) is -3.11. The molecular weight excluding hydrogens is 498 g/mol. The first-order chi connectivity index (χ1) is 18.2. The Labute approximate surface area is 232 Å². The third-order valence-corrected chi connectivity index (χ3v) is 6.16. The molecule has 0 aliphatic heterocycles. The van der Waals surface area contributed by atoms with Crippen LogP contribution in [0.15, 0.2) is 60.7 Å². The maximum absolute atomic E-state index is 12.5. The lowest BCUT2D eigenvalue weighted by Gasteiger charge is -2.42. The number of hydrogen-bond donors (Lipinski definition) is 5. The van der Waals surface area contributed by atoms with E-state index >= 15 is 0 Å². The second-order valence-electron chi connectivity index (χ2n) is 11.8. The summed E-state index contributed by atoms with van der Waals surface area (Å²) < 4.78 is 5.38. The molecule has 0 aliphatic carbocycles. The Morgan fingerprint density at radius 2 is 1.31 bits per heavy atom. The Balaban J connectivity index is 2.12. The van der Waals surface area contributed by atoms with Crippen LogP contribution in [0.2, 0.25) is 0 Å². The normalized spacial score (nSPS) is 15.1. The minimum absolute atomic E-state index is 0.0406. The van der Waals surface area contributed by atoms with Gasteiger partial charge in [-0.1, -0.05) is 60.7 Å². The molecule has 0 saturated carbocycles. The number of nitrogens with one attached hydrogen (secondary N) is 2. The van der Waals surface area contributed by atoms with Crippen LogP contribution in [0.3, 0.4) is 0 Å². The van der Waals surface area contributed by atoms with Crippen molar-refractivity contribution in [3.8, 4) is 0 Å². The van der Waals surface area contributed by atoms with Crippen molar-refractivity contribution in [2.45, 2.75) is 89.8 Å². The first-order valence-corrected chi connectivity index (χ1v) is 13.3. The fraction of sp³-hybridized carbons (Fsp3) is 0.533. The molecule has 9 nitrogen and oxygen atoms in total. The molecule has 0 radical (unpaired) electrons. The molecule has 0 aliphatic rings. The van der Waals surface area contributed by atoms with E-state index in [1.807, 2.05) is 60.7 Å². The number of amides is 2. The number of alkyl carbamates (subject to hydrolysis) is 1. The van der Waals surface area contributed by atoms with E-state index in [2.05, 4.69) is 10.6 Å². The van der Waals surface area contributed by atoms with E-state index in [0.29, 0.717) is 12.8 Å². The maximum atomic E-state index is 12.5. The molecule has 5 N–H and O–H groups in total. The number of aliphatic hydroxyl groups excluding tert-OH is 2. The second kappa shape index (κ2) is 14.3. The first-order valence-electron chi connectivity index (χ1n) is 13.3. The SMILES string of the molecule is CC(C)(C)OC(=O)N[C@@H](Cc1ccccc1)[C@@H](O)CNC[C@@H](O)[C@H](Cc1ccccc1)N(C(=O)O)C(C)(C)C. The molecule has 4 atom stereocenters. The molecule has 0 bridgehead atoms. The summed E-state index contributed by atoms with van der Waals surface area (Å²) in [6, 6.07) is 17.5. The van der Waals surface area contributed by atoms with E-state index in [4.69, 9.17) is 4.74 Å². The zero-order chi connectivity index (χ0) is 29.2.